The van der Waals surface area contributed by atoms with Gasteiger partial charge in [0.1, 0.15) is 0 Å². The van der Waals surface area contributed by atoms with Crippen LogP contribution in [0.25, 0.3) is 0 Å². The van der Waals surface area contributed by atoms with Gasteiger partial charge in [0, 0.05) is 42.8 Å². The summed E-state index contributed by atoms with van der Waals surface area (Å²) in [6.07, 6.45) is 1.81. The quantitative estimate of drug-likeness (QED) is 0.724. The lowest BCUT2D eigenvalue weighted by molar-refractivity contribution is -0.132. The molecule has 1 aromatic heterocycles. The molecule has 0 saturated heterocycles. The second-order valence-corrected chi connectivity index (χ2v) is 7.67. The summed E-state index contributed by atoms with van der Waals surface area (Å²) in [5.74, 6) is -0.0381. The summed E-state index contributed by atoms with van der Waals surface area (Å²) in [5.41, 5.74) is 6.05. The van der Waals surface area contributed by atoms with Crippen LogP contribution in [0.2, 0.25) is 0 Å². The van der Waals surface area contributed by atoms with Crippen LogP contribution in [0.3, 0.4) is 0 Å². The molecule has 0 saturated carbocycles. The number of carbonyl (C=O) groups excluding carboxylic acids is 2. The highest BCUT2D eigenvalue weighted by Crippen LogP contribution is 2.29. The van der Waals surface area contributed by atoms with Crippen LogP contribution in [0.1, 0.15) is 50.9 Å². The first-order valence-corrected chi connectivity index (χ1v) is 9.95. The molecule has 6 nitrogen and oxygen atoms in total. The van der Waals surface area contributed by atoms with Crippen LogP contribution in [-0.2, 0) is 24.2 Å². The molecular formula is C23H22N4O2. The number of nitrogens with zero attached hydrogens (tertiary/aromatic N) is 2. The number of nitrogens with one attached hydrogen (secondary N) is 2. The topological polar surface area (TPSA) is 78.1 Å². The number of rotatable bonds is 4. The van der Waals surface area contributed by atoms with Crippen molar-refractivity contribution >= 4 is 11.8 Å². The SMILES string of the molecule is O=C1NC(CC(=O)N2CCc3[nH]nc(Cc4ccccc4)c3C2)c2ccccc21. The smallest absolute Gasteiger partial charge is 0.252 e. The Hall–Kier alpha value is -3.41. The van der Waals surface area contributed by atoms with E-state index in [0.717, 1.165) is 35.4 Å². The third-order valence-electron chi connectivity index (χ3n) is 5.85. The van der Waals surface area contributed by atoms with E-state index in [1.807, 2.05) is 47.4 Å². The maximum atomic E-state index is 13.0. The minimum atomic E-state index is -0.249. The predicted molar refractivity (Wildman–Crippen MR) is 108 cm³/mol. The van der Waals surface area contributed by atoms with Crippen molar-refractivity contribution < 1.29 is 9.59 Å². The first kappa shape index (κ1) is 17.7. The minimum absolute atomic E-state index is 0.0597. The summed E-state index contributed by atoms with van der Waals surface area (Å²) >= 11 is 0. The van der Waals surface area contributed by atoms with Crippen LogP contribution in [-0.4, -0.2) is 33.5 Å². The molecule has 146 valence electrons. The first-order valence-electron chi connectivity index (χ1n) is 9.95. The molecule has 0 fully saturated rings. The van der Waals surface area contributed by atoms with Crippen molar-refractivity contribution in [2.45, 2.75) is 31.8 Å². The number of benzene rings is 2. The fraction of sp³-hybridized carbons (Fsp3) is 0.261. The molecule has 3 heterocycles. The number of fused-ring (bicyclic) bond motifs is 2. The van der Waals surface area contributed by atoms with Gasteiger partial charge in [-0.05, 0) is 17.2 Å². The van der Waals surface area contributed by atoms with E-state index in [1.165, 1.54) is 5.56 Å². The van der Waals surface area contributed by atoms with Crippen molar-refractivity contribution in [2.24, 2.45) is 0 Å². The van der Waals surface area contributed by atoms with Gasteiger partial charge in [-0.2, -0.15) is 5.10 Å². The molecule has 2 aromatic carbocycles. The Morgan fingerprint density at radius 1 is 1.10 bits per heavy atom. The van der Waals surface area contributed by atoms with Crippen LogP contribution < -0.4 is 5.32 Å². The fourth-order valence-electron chi connectivity index (χ4n) is 4.29. The fourth-order valence-corrected chi connectivity index (χ4v) is 4.29. The maximum Gasteiger partial charge on any atom is 0.252 e. The van der Waals surface area contributed by atoms with E-state index < -0.39 is 0 Å². The zero-order valence-electron chi connectivity index (χ0n) is 16.0. The standard InChI is InChI=1S/C23H22N4O2/c28-22(13-20-16-8-4-5-9-17(16)23(29)24-20)27-11-10-19-18(14-27)21(26-25-19)12-15-6-2-1-3-7-15/h1-9,20H,10-14H2,(H,24,29)(H,25,26). The van der Waals surface area contributed by atoms with Crippen molar-refractivity contribution in [3.63, 3.8) is 0 Å². The molecule has 0 aliphatic carbocycles. The minimum Gasteiger partial charge on any atom is -0.345 e. The number of H-pyrrole nitrogens is 1. The summed E-state index contributed by atoms with van der Waals surface area (Å²) in [6.45, 7) is 1.23. The Bertz CT molecular complexity index is 1070. The molecule has 1 atom stereocenters. The summed E-state index contributed by atoms with van der Waals surface area (Å²) < 4.78 is 0. The molecule has 2 aliphatic rings. The Morgan fingerprint density at radius 3 is 2.76 bits per heavy atom. The Morgan fingerprint density at radius 2 is 1.90 bits per heavy atom. The normalized spacial score (nSPS) is 17.6. The van der Waals surface area contributed by atoms with Gasteiger partial charge in [0.15, 0.2) is 0 Å². The molecule has 2 aliphatic heterocycles. The van der Waals surface area contributed by atoms with Crippen LogP contribution in [0.4, 0.5) is 0 Å². The highest BCUT2D eigenvalue weighted by Gasteiger charge is 2.32. The van der Waals surface area contributed by atoms with Crippen molar-refractivity contribution in [2.75, 3.05) is 6.54 Å². The molecule has 0 radical (unpaired) electrons. The monoisotopic (exact) mass is 386 g/mol. The Balaban J connectivity index is 1.30. The molecular weight excluding hydrogens is 364 g/mol. The summed E-state index contributed by atoms with van der Waals surface area (Å²) in [4.78, 5) is 27.0. The van der Waals surface area contributed by atoms with Gasteiger partial charge in [0.25, 0.3) is 5.91 Å². The van der Waals surface area contributed by atoms with E-state index in [-0.39, 0.29) is 24.3 Å². The molecule has 1 unspecified atom stereocenters. The molecule has 5 rings (SSSR count). The van der Waals surface area contributed by atoms with Gasteiger partial charge in [0.05, 0.1) is 18.2 Å². The highest BCUT2D eigenvalue weighted by molar-refractivity contribution is 5.99. The molecule has 0 spiro atoms. The van der Waals surface area contributed by atoms with E-state index in [9.17, 15) is 9.59 Å². The van der Waals surface area contributed by atoms with E-state index in [2.05, 4.69) is 27.6 Å². The number of aromatic amines is 1. The van der Waals surface area contributed by atoms with E-state index in [1.54, 1.807) is 0 Å². The van der Waals surface area contributed by atoms with E-state index in [4.69, 9.17) is 0 Å². The molecule has 2 N–H and O–H groups in total. The molecule has 0 bridgehead atoms. The predicted octanol–water partition coefficient (Wildman–Crippen LogP) is 2.76. The van der Waals surface area contributed by atoms with Gasteiger partial charge in [-0.25, -0.2) is 0 Å². The van der Waals surface area contributed by atoms with Gasteiger partial charge in [-0.1, -0.05) is 48.5 Å². The lowest BCUT2D eigenvalue weighted by atomic mass is 9.99. The largest absolute Gasteiger partial charge is 0.345 e. The van der Waals surface area contributed by atoms with Crippen molar-refractivity contribution in [3.8, 4) is 0 Å². The summed E-state index contributed by atoms with van der Waals surface area (Å²) in [5, 5.41) is 10.6. The third kappa shape index (κ3) is 3.31. The summed E-state index contributed by atoms with van der Waals surface area (Å²) in [7, 11) is 0. The highest BCUT2D eigenvalue weighted by atomic mass is 16.2. The summed E-state index contributed by atoms with van der Waals surface area (Å²) in [6, 6.07) is 17.5. The van der Waals surface area contributed by atoms with Gasteiger partial charge < -0.3 is 10.2 Å². The lowest BCUT2D eigenvalue weighted by Crippen LogP contribution is -2.37. The maximum absolute atomic E-state index is 13.0. The van der Waals surface area contributed by atoms with Gasteiger partial charge in [-0.3, -0.25) is 14.7 Å². The zero-order chi connectivity index (χ0) is 19.8. The van der Waals surface area contributed by atoms with Crippen LogP contribution in [0, 0.1) is 0 Å². The van der Waals surface area contributed by atoms with Crippen molar-refractivity contribution in [1.29, 1.82) is 0 Å². The second kappa shape index (κ2) is 7.20. The number of carbonyl (C=O) groups is 2. The van der Waals surface area contributed by atoms with Gasteiger partial charge in [0.2, 0.25) is 5.91 Å². The zero-order valence-corrected chi connectivity index (χ0v) is 16.0. The molecule has 29 heavy (non-hydrogen) atoms. The number of hydrogen-bond acceptors (Lipinski definition) is 3. The Labute approximate surface area is 168 Å². The Kier molecular flexibility index (Phi) is 4.39. The first-order chi connectivity index (χ1) is 14.2. The molecule has 2 amide bonds. The van der Waals surface area contributed by atoms with Crippen molar-refractivity contribution in [3.05, 3.63) is 88.2 Å². The average Bonchev–Trinajstić information content (AvgIpc) is 3.30. The van der Waals surface area contributed by atoms with Crippen LogP contribution in [0.5, 0.6) is 0 Å². The van der Waals surface area contributed by atoms with Crippen molar-refractivity contribution in [1.82, 2.24) is 20.4 Å². The number of amides is 2. The lowest BCUT2D eigenvalue weighted by Gasteiger charge is -2.28. The van der Waals surface area contributed by atoms with Gasteiger partial charge in [-0.15, -0.1) is 0 Å². The van der Waals surface area contributed by atoms with Crippen LogP contribution >= 0.6 is 0 Å². The van der Waals surface area contributed by atoms with Crippen LogP contribution in [0.15, 0.2) is 54.6 Å². The second-order valence-electron chi connectivity index (χ2n) is 7.67. The molecule has 6 heteroatoms. The van der Waals surface area contributed by atoms with E-state index in [0.29, 0.717) is 18.7 Å². The van der Waals surface area contributed by atoms with Gasteiger partial charge >= 0.3 is 0 Å². The average molecular weight is 386 g/mol. The number of hydrogen-bond donors (Lipinski definition) is 2. The molecule has 3 aromatic rings. The number of aromatic nitrogens is 2. The third-order valence-corrected chi connectivity index (χ3v) is 5.85. The van der Waals surface area contributed by atoms with E-state index >= 15 is 0 Å².